The first-order chi connectivity index (χ1) is 52.6. The summed E-state index contributed by atoms with van der Waals surface area (Å²) in [6.07, 6.45) is -8.25. The van der Waals surface area contributed by atoms with Crippen LogP contribution in [0.25, 0.3) is 10.9 Å². The lowest BCUT2D eigenvalue weighted by atomic mass is 9.99. The predicted octanol–water partition coefficient (Wildman–Crippen LogP) is -1.90. The highest BCUT2D eigenvalue weighted by atomic mass is 19.4. The summed E-state index contributed by atoms with van der Waals surface area (Å²) >= 11 is 0. The lowest BCUT2D eigenvalue weighted by Gasteiger charge is -2.29. The molecule has 3 aromatic carbocycles. The molecule has 12 amide bonds. The van der Waals surface area contributed by atoms with Crippen molar-refractivity contribution < 1.29 is 101 Å². The summed E-state index contributed by atoms with van der Waals surface area (Å²) in [5, 5.41) is 67.5. The zero-order valence-electron chi connectivity index (χ0n) is 63.2. The maximum atomic E-state index is 14.8. The summed E-state index contributed by atoms with van der Waals surface area (Å²) in [6, 6.07) is -3.82. The molecule has 0 saturated heterocycles. The van der Waals surface area contributed by atoms with Gasteiger partial charge in [-0.3, -0.25) is 67.3 Å². The molecule has 0 radical (unpaired) electrons. The first kappa shape index (κ1) is 92.9. The molecule has 1 aromatic heterocycles. The van der Waals surface area contributed by atoms with Crippen molar-refractivity contribution in [3.05, 3.63) is 101 Å². The standard InChI is InChI=1S/C73H105F3N18O18/c1-36(2)29-51(65(105)88-50(71(111)112)16-12-28-82-72(80)81)92-66(106)52(30-37(3)4)91-62(102)48(15-10-11-27-77)86-63(103)49(25-26-58(98)99)87-67(107)54(31-41-17-21-44(22-18-41)73(74,75)76)94-69(109)56(34-57(78)97)90-60(100)38(5)84-64(104)53(32-42-19-23-45(96)24-20-42)93-68(108)55(33-43-35-83-47-14-9-8-13-46(43)47)89-61(101)39(6)85-70(110)59(79)40(7)95/h8-9,13-14,17-24,35-40,48-56,59,83,95-96H,10-12,15-16,25-34,77,79H2,1-7H3,(H2,78,97)(H,84,104)(H,85,110)(H,86,103)(H,87,107)(H,88,105)(H,89,101)(H,90,100)(H,91,102)(H,92,106)(H,93,108)(H,94,109)(H,98,99)(H,111,112)(H4,80,81,82)/t38-,39-,40-,48-,49-,50-,51-,52-,53-,54-,55-,56-,59-/m1/s1. The Morgan fingerprint density at radius 1 is 0.482 bits per heavy atom. The summed E-state index contributed by atoms with van der Waals surface area (Å²) in [5.74, 6) is -16.8. The van der Waals surface area contributed by atoms with Gasteiger partial charge < -0.3 is 113 Å². The number of guanidine groups is 1. The van der Waals surface area contributed by atoms with Crippen LogP contribution in [0, 0.1) is 11.8 Å². The Morgan fingerprint density at radius 2 is 0.893 bits per heavy atom. The second-order valence-electron chi connectivity index (χ2n) is 28.0. The van der Waals surface area contributed by atoms with E-state index < -0.39 is 199 Å². The number of carbonyl (C=O) groups is 14. The van der Waals surface area contributed by atoms with Crippen molar-refractivity contribution in [1.82, 2.24) is 63.5 Å². The third kappa shape index (κ3) is 31.8. The number of nitrogens with zero attached hydrogens (tertiary/aromatic N) is 1. The molecule has 36 nitrogen and oxygen atoms in total. The number of aliphatic imine (C=N–C) groups is 1. The van der Waals surface area contributed by atoms with Crippen molar-refractivity contribution in [1.29, 1.82) is 0 Å². The number of benzene rings is 3. The summed E-state index contributed by atoms with van der Waals surface area (Å²) < 4.78 is 41.6. The molecule has 39 heteroatoms. The highest BCUT2D eigenvalue weighted by Crippen LogP contribution is 2.29. The normalized spacial score (nSPS) is 14.9. The van der Waals surface area contributed by atoms with Gasteiger partial charge in [0.15, 0.2) is 5.96 Å². The van der Waals surface area contributed by atoms with E-state index in [9.17, 15) is 101 Å². The Kier molecular flexibility index (Phi) is 37.3. The van der Waals surface area contributed by atoms with Crippen molar-refractivity contribution in [3.8, 4) is 5.75 Å². The van der Waals surface area contributed by atoms with E-state index in [-0.39, 0.29) is 100.0 Å². The van der Waals surface area contributed by atoms with Crippen LogP contribution in [-0.4, -0.2) is 206 Å². The number of fused-ring (bicyclic) bond motifs is 1. The highest BCUT2D eigenvalue weighted by molar-refractivity contribution is 6.00. The number of carboxylic acid groups (broad SMARTS) is 2. The van der Waals surface area contributed by atoms with Gasteiger partial charge in [0.25, 0.3) is 0 Å². The first-order valence-electron chi connectivity index (χ1n) is 36.3. The lowest BCUT2D eigenvalue weighted by Crippen LogP contribution is -2.61. The number of hydrogen-bond donors (Lipinski definition) is 21. The van der Waals surface area contributed by atoms with E-state index in [1.807, 2.05) is 0 Å². The number of rotatable bonds is 47. The molecular weight excluding hydrogens is 1470 g/mol. The number of alkyl halides is 3. The molecular formula is C73H105F3N18O18. The molecule has 4 aromatic rings. The van der Waals surface area contributed by atoms with Gasteiger partial charge in [-0.05, 0) is 138 Å². The molecule has 0 bridgehead atoms. The van der Waals surface area contributed by atoms with Crippen LogP contribution in [0.15, 0.2) is 84.0 Å². The number of H-pyrrole nitrogens is 1. The van der Waals surface area contributed by atoms with Gasteiger partial charge in [-0.2, -0.15) is 13.2 Å². The number of unbranched alkanes of at least 4 members (excludes halogenated alkanes) is 1. The molecule has 4 rings (SSSR count). The average Bonchev–Trinajstić information content (AvgIpc) is 1.63. The second-order valence-corrected chi connectivity index (χ2v) is 28.0. The van der Waals surface area contributed by atoms with Crippen LogP contribution in [-0.2, 0) is 92.6 Å². The molecule has 0 spiro atoms. The van der Waals surface area contributed by atoms with Crippen LogP contribution < -0.4 is 87.2 Å². The fourth-order valence-corrected chi connectivity index (χ4v) is 11.4. The minimum absolute atomic E-state index is 0.00139. The number of primary amides is 1. The first-order valence-corrected chi connectivity index (χ1v) is 36.3. The Bertz CT molecular complexity index is 3930. The Balaban J connectivity index is 1.67. The number of carboxylic acids is 2. The minimum atomic E-state index is -4.85. The van der Waals surface area contributed by atoms with Crippen molar-refractivity contribution in [3.63, 3.8) is 0 Å². The minimum Gasteiger partial charge on any atom is -0.508 e. The van der Waals surface area contributed by atoms with Gasteiger partial charge >= 0.3 is 18.1 Å². The molecule has 0 saturated carbocycles. The fourth-order valence-electron chi connectivity index (χ4n) is 11.4. The third-order valence-corrected chi connectivity index (χ3v) is 17.6. The molecule has 13 atom stereocenters. The Morgan fingerprint density at radius 3 is 1.37 bits per heavy atom. The number of aliphatic carboxylic acids is 2. The average molecular weight is 1580 g/mol. The quantitative estimate of drug-likeness (QED) is 0.0130. The van der Waals surface area contributed by atoms with E-state index in [0.717, 1.165) is 19.1 Å². The van der Waals surface area contributed by atoms with E-state index in [1.165, 1.54) is 38.1 Å². The molecule has 0 aliphatic rings. The number of aromatic amines is 1. The molecule has 1 heterocycles. The van der Waals surface area contributed by atoms with Gasteiger partial charge in [0.2, 0.25) is 70.9 Å². The second kappa shape index (κ2) is 45.0. The molecule has 112 heavy (non-hydrogen) atoms. The number of halogens is 3. The van der Waals surface area contributed by atoms with E-state index in [0.29, 0.717) is 34.2 Å². The van der Waals surface area contributed by atoms with E-state index in [1.54, 1.807) is 58.2 Å². The van der Waals surface area contributed by atoms with Gasteiger partial charge in [-0.1, -0.05) is 70.2 Å². The van der Waals surface area contributed by atoms with E-state index in [4.69, 9.17) is 28.7 Å². The summed E-state index contributed by atoms with van der Waals surface area (Å²) in [5.41, 5.74) is 28.2. The monoisotopic (exact) mass is 1580 g/mol. The van der Waals surface area contributed by atoms with Crippen LogP contribution >= 0.6 is 0 Å². The molecule has 0 fully saturated rings. The van der Waals surface area contributed by atoms with Crippen LogP contribution in [0.3, 0.4) is 0 Å². The van der Waals surface area contributed by atoms with Crippen LogP contribution in [0.5, 0.6) is 5.75 Å². The van der Waals surface area contributed by atoms with Crippen molar-refractivity contribution in [2.75, 3.05) is 13.1 Å². The van der Waals surface area contributed by atoms with Gasteiger partial charge in [0.1, 0.15) is 78.3 Å². The number of phenols is 1. The maximum absolute atomic E-state index is 14.8. The van der Waals surface area contributed by atoms with Gasteiger partial charge in [-0.25, -0.2) is 4.79 Å². The molecule has 0 aliphatic heterocycles. The molecule has 0 unspecified atom stereocenters. The van der Waals surface area contributed by atoms with Crippen molar-refractivity contribution in [2.45, 2.75) is 217 Å². The van der Waals surface area contributed by atoms with Crippen LogP contribution in [0.4, 0.5) is 13.2 Å². The summed E-state index contributed by atoms with van der Waals surface area (Å²) in [4.78, 5) is 200. The van der Waals surface area contributed by atoms with Gasteiger partial charge in [0, 0.05) is 49.3 Å². The fraction of sp³-hybridized carbons (Fsp3) is 0.521. The van der Waals surface area contributed by atoms with Crippen molar-refractivity contribution >= 4 is 99.7 Å². The topological polar surface area (TPSA) is 610 Å². The Labute approximate surface area is 643 Å². The van der Waals surface area contributed by atoms with E-state index in [2.05, 4.69) is 68.5 Å². The number of para-hydroxylation sites is 1. The number of amides is 12. The predicted molar refractivity (Wildman–Crippen MR) is 401 cm³/mol. The summed E-state index contributed by atoms with van der Waals surface area (Å²) in [7, 11) is 0. The zero-order chi connectivity index (χ0) is 83.9. The number of nitrogens with one attached hydrogen (secondary N) is 12. The lowest BCUT2D eigenvalue weighted by molar-refractivity contribution is -0.142. The number of carbonyl (C=O) groups excluding carboxylic acids is 12. The van der Waals surface area contributed by atoms with E-state index >= 15 is 0 Å². The molecule has 616 valence electrons. The number of hydrogen-bond acceptors (Lipinski definition) is 19. The highest BCUT2D eigenvalue weighted by Gasteiger charge is 2.38. The number of aliphatic hydroxyl groups excluding tert-OH is 1. The number of aromatic nitrogens is 1. The largest absolute Gasteiger partial charge is 0.508 e. The summed E-state index contributed by atoms with van der Waals surface area (Å²) in [6.45, 7) is 10.7. The molecule has 0 aliphatic carbocycles. The number of phenolic OH excluding ortho intramolecular Hbond substituents is 1. The number of nitrogens with two attached hydrogens (primary N) is 5. The SMILES string of the molecule is CC(C)C[C@@H](NC(=O)[C@@H](CC(C)C)NC(=O)[C@@H](CCCCN)NC(=O)[C@@H](CCC(=O)O)NC(=O)[C@@H](Cc1ccc(C(F)(F)F)cc1)NC(=O)[C@@H](CC(N)=O)NC(=O)[C@@H](C)NC(=O)[C@@H](Cc1ccc(O)cc1)NC(=O)[C@@H](Cc1c[nH]c2ccccc12)NC(=O)[C@@H](C)NC(=O)[C@H](N)[C@@H](C)O)C(=O)N[C@H](CCCN=C(N)N)C(=O)O. The van der Waals surface area contributed by atoms with Gasteiger partial charge in [0.05, 0.1) is 18.1 Å². The Hall–Kier alpha value is -11.5. The smallest absolute Gasteiger partial charge is 0.416 e. The van der Waals surface area contributed by atoms with Crippen molar-refractivity contribution in [2.24, 2.45) is 45.5 Å². The zero-order valence-corrected chi connectivity index (χ0v) is 63.2. The third-order valence-electron chi connectivity index (χ3n) is 17.6. The van der Waals surface area contributed by atoms with Crippen LogP contribution in [0.1, 0.15) is 135 Å². The van der Waals surface area contributed by atoms with Crippen LogP contribution in [0.2, 0.25) is 0 Å². The van der Waals surface area contributed by atoms with Gasteiger partial charge in [-0.15, -0.1) is 0 Å². The maximum Gasteiger partial charge on any atom is 0.416 e. The molecule has 26 N–H and O–H groups in total. The number of aliphatic hydroxyl groups is 1. The number of aromatic hydroxyl groups is 1.